The number of amides is 1. The van der Waals surface area contributed by atoms with Gasteiger partial charge in [0.05, 0.1) is 6.61 Å². The number of rotatable bonds is 13. The topological polar surface area (TPSA) is 312 Å². The van der Waals surface area contributed by atoms with Crippen LogP contribution in [0.3, 0.4) is 0 Å². The van der Waals surface area contributed by atoms with Crippen LogP contribution >= 0.6 is 0 Å². The third-order valence-corrected chi connectivity index (χ3v) is 4.84. The summed E-state index contributed by atoms with van der Waals surface area (Å²) in [5.74, 6) is -7.65. The van der Waals surface area contributed by atoms with Gasteiger partial charge < -0.3 is 45.8 Å². The molecule has 2 aliphatic heterocycles. The van der Waals surface area contributed by atoms with Gasteiger partial charge in [0.2, 0.25) is 5.91 Å². The van der Waals surface area contributed by atoms with Gasteiger partial charge in [-0.2, -0.15) is 5.48 Å². The van der Waals surface area contributed by atoms with Gasteiger partial charge in [-0.15, -0.1) is 0 Å². The lowest BCUT2D eigenvalue weighted by atomic mass is 10.1. The molecule has 2 aliphatic rings. The SMILES string of the molecule is NC(CCC(=O)O)C(=O)O.O=C(CCCONC1CCC(=O)OC1=O)NC1CCC(=O)OC1=O.O=C(O)/C=C/C(=O)O. The molecule has 0 saturated carbocycles. The summed E-state index contributed by atoms with van der Waals surface area (Å²) < 4.78 is 8.88. The van der Waals surface area contributed by atoms with Gasteiger partial charge in [0.1, 0.15) is 18.1 Å². The van der Waals surface area contributed by atoms with E-state index in [4.69, 9.17) is 31.0 Å². The van der Waals surface area contributed by atoms with E-state index in [1.807, 2.05) is 0 Å². The number of esters is 4. The van der Waals surface area contributed by atoms with Gasteiger partial charge >= 0.3 is 47.8 Å². The van der Waals surface area contributed by atoms with Crippen LogP contribution in [0.15, 0.2) is 12.2 Å². The first kappa shape index (κ1) is 37.2. The van der Waals surface area contributed by atoms with Crippen molar-refractivity contribution in [2.75, 3.05) is 6.61 Å². The predicted molar refractivity (Wildman–Crippen MR) is 132 cm³/mol. The van der Waals surface area contributed by atoms with Crippen LogP contribution in [0.25, 0.3) is 0 Å². The average molecular weight is 606 g/mol. The second-order valence-electron chi connectivity index (χ2n) is 8.29. The molecule has 0 aliphatic carbocycles. The summed E-state index contributed by atoms with van der Waals surface area (Å²) >= 11 is 0. The van der Waals surface area contributed by atoms with Crippen molar-refractivity contribution in [3.63, 3.8) is 0 Å². The van der Waals surface area contributed by atoms with E-state index in [0.717, 1.165) is 0 Å². The number of nitrogens with one attached hydrogen (secondary N) is 2. The van der Waals surface area contributed by atoms with Crippen LogP contribution in [0.5, 0.6) is 0 Å². The first-order valence-electron chi connectivity index (χ1n) is 12.1. The summed E-state index contributed by atoms with van der Waals surface area (Å²) in [7, 11) is 0. The first-order chi connectivity index (χ1) is 19.6. The zero-order valence-corrected chi connectivity index (χ0v) is 22.0. The summed E-state index contributed by atoms with van der Waals surface area (Å²) in [5, 5.41) is 34.4. The van der Waals surface area contributed by atoms with Crippen LogP contribution in [-0.4, -0.2) is 98.8 Å². The Hall–Kier alpha value is -4.75. The molecule has 2 saturated heterocycles. The van der Waals surface area contributed by atoms with Crippen LogP contribution in [0.2, 0.25) is 0 Å². The quantitative estimate of drug-likeness (QED) is 0.0386. The number of hydroxylamine groups is 1. The minimum atomic E-state index is -1.26. The summed E-state index contributed by atoms with van der Waals surface area (Å²) in [6.45, 7) is 0.152. The van der Waals surface area contributed by atoms with Crippen molar-refractivity contribution >= 4 is 53.7 Å². The van der Waals surface area contributed by atoms with Crippen molar-refractivity contribution in [1.29, 1.82) is 0 Å². The number of aliphatic carboxylic acids is 4. The molecule has 19 nitrogen and oxygen atoms in total. The fourth-order valence-corrected chi connectivity index (χ4v) is 2.74. The normalized spacial score (nSPS) is 18.7. The molecule has 0 radical (unpaired) electrons. The third kappa shape index (κ3) is 18.5. The van der Waals surface area contributed by atoms with E-state index in [2.05, 4.69) is 20.3 Å². The molecule has 1 amide bonds. The number of carboxylic acids is 4. The Morgan fingerprint density at radius 3 is 1.79 bits per heavy atom. The van der Waals surface area contributed by atoms with Crippen molar-refractivity contribution in [2.45, 2.75) is 69.5 Å². The molecule has 234 valence electrons. The molecule has 19 heteroatoms. The summed E-state index contributed by atoms with van der Waals surface area (Å²) in [5.41, 5.74) is 7.49. The molecule has 2 fully saturated rings. The molecule has 8 N–H and O–H groups in total. The highest BCUT2D eigenvalue weighted by atomic mass is 16.7. The van der Waals surface area contributed by atoms with Gasteiger partial charge in [-0.25, -0.2) is 19.2 Å². The molecule has 2 heterocycles. The zero-order chi connectivity index (χ0) is 32.2. The maximum Gasteiger partial charge on any atom is 0.336 e. The zero-order valence-electron chi connectivity index (χ0n) is 22.0. The van der Waals surface area contributed by atoms with Crippen LogP contribution in [0.4, 0.5) is 0 Å². The summed E-state index contributed by atoms with van der Waals surface area (Å²) in [6, 6.07) is -2.56. The molecular weight excluding hydrogens is 574 g/mol. The van der Waals surface area contributed by atoms with Crippen LogP contribution in [0.1, 0.15) is 51.4 Å². The maximum absolute atomic E-state index is 11.7. The highest BCUT2D eigenvalue weighted by Crippen LogP contribution is 2.10. The molecule has 0 aromatic heterocycles. The van der Waals surface area contributed by atoms with Crippen LogP contribution < -0.4 is 16.5 Å². The Bertz CT molecular complexity index is 1040. The monoisotopic (exact) mass is 605 g/mol. The molecule has 0 bridgehead atoms. The van der Waals surface area contributed by atoms with Crippen molar-refractivity contribution in [1.82, 2.24) is 10.8 Å². The Labute approximate surface area is 236 Å². The predicted octanol–water partition coefficient (Wildman–Crippen LogP) is -2.16. The fraction of sp³-hybridized carbons (Fsp3) is 0.522. The highest BCUT2D eigenvalue weighted by Gasteiger charge is 2.30. The number of carbonyl (C=O) groups excluding carboxylic acids is 5. The molecule has 2 rings (SSSR count). The molecule has 3 atom stereocenters. The number of ether oxygens (including phenoxy) is 2. The fourth-order valence-electron chi connectivity index (χ4n) is 2.74. The lowest BCUT2D eigenvalue weighted by molar-refractivity contribution is -0.169. The first-order valence-corrected chi connectivity index (χ1v) is 12.1. The number of carboxylic acid groups (broad SMARTS) is 4. The molecule has 0 spiro atoms. The smallest absolute Gasteiger partial charge is 0.336 e. The number of hydrogen-bond acceptors (Lipinski definition) is 14. The number of carbonyl (C=O) groups is 9. The molecular formula is C23H31N3O16. The van der Waals surface area contributed by atoms with Gasteiger partial charge in [-0.05, 0) is 25.7 Å². The van der Waals surface area contributed by atoms with E-state index in [9.17, 15) is 43.2 Å². The minimum Gasteiger partial charge on any atom is -0.481 e. The summed E-state index contributed by atoms with van der Waals surface area (Å²) in [4.78, 5) is 100. The van der Waals surface area contributed by atoms with Crippen molar-refractivity contribution in [3.8, 4) is 0 Å². The van der Waals surface area contributed by atoms with Crippen LogP contribution in [-0.2, 0) is 57.5 Å². The number of cyclic esters (lactones) is 4. The van der Waals surface area contributed by atoms with Gasteiger partial charge in [0, 0.05) is 37.8 Å². The lowest BCUT2D eigenvalue weighted by Gasteiger charge is -2.21. The van der Waals surface area contributed by atoms with E-state index >= 15 is 0 Å². The van der Waals surface area contributed by atoms with E-state index in [0.29, 0.717) is 25.0 Å². The van der Waals surface area contributed by atoms with Crippen molar-refractivity contribution < 1.29 is 77.9 Å². The minimum absolute atomic E-state index is 0.0231. The Morgan fingerprint density at radius 2 is 1.36 bits per heavy atom. The average Bonchev–Trinajstić information content (AvgIpc) is 2.89. The molecule has 3 unspecified atom stereocenters. The van der Waals surface area contributed by atoms with Gasteiger partial charge in [-0.3, -0.25) is 24.0 Å². The molecule has 42 heavy (non-hydrogen) atoms. The van der Waals surface area contributed by atoms with Gasteiger partial charge in [-0.1, -0.05) is 0 Å². The van der Waals surface area contributed by atoms with Gasteiger partial charge in [0.25, 0.3) is 0 Å². The van der Waals surface area contributed by atoms with Crippen molar-refractivity contribution in [2.24, 2.45) is 5.73 Å². The second-order valence-corrected chi connectivity index (χ2v) is 8.29. The second kappa shape index (κ2) is 20.2. The Morgan fingerprint density at radius 1 is 0.857 bits per heavy atom. The maximum atomic E-state index is 11.7. The third-order valence-electron chi connectivity index (χ3n) is 4.84. The van der Waals surface area contributed by atoms with Crippen LogP contribution in [0, 0.1) is 0 Å². The largest absolute Gasteiger partial charge is 0.481 e. The lowest BCUT2D eigenvalue weighted by Crippen LogP contribution is -2.45. The standard InChI is InChI=1S/C14H18N2O8.C5H9NO4.C4H4O4/c17-10(15-8-3-5-11(18)23-13(8)20)2-1-7-22-16-9-4-6-12(19)24-14(9)21;6-3(5(9)10)1-2-4(7)8;5-3(6)1-2-4(7)8/h8-9,16H,1-7H2,(H,15,17);3H,1-2,6H2,(H,7,8)(H,9,10);1-2H,(H,5,6)(H,7,8)/b;;2-1+. The number of nitrogens with two attached hydrogens (primary N) is 1. The van der Waals surface area contributed by atoms with E-state index in [1.165, 1.54) is 0 Å². The van der Waals surface area contributed by atoms with E-state index in [-0.39, 0.29) is 51.0 Å². The molecule has 0 aromatic rings. The van der Waals surface area contributed by atoms with E-state index in [1.54, 1.807) is 0 Å². The highest BCUT2D eigenvalue weighted by molar-refractivity contribution is 5.94. The van der Waals surface area contributed by atoms with Gasteiger partial charge in [0.15, 0.2) is 0 Å². The Balaban J connectivity index is 0.000000769. The number of hydrogen-bond donors (Lipinski definition) is 7. The molecule has 0 aromatic carbocycles. The van der Waals surface area contributed by atoms with E-state index < -0.39 is 65.9 Å². The van der Waals surface area contributed by atoms with Crippen molar-refractivity contribution in [3.05, 3.63) is 12.2 Å². The summed E-state index contributed by atoms with van der Waals surface area (Å²) in [6.07, 6.45) is 2.08. The Kier molecular flexibility index (Phi) is 17.9.